The fourth-order valence-corrected chi connectivity index (χ4v) is 1.67. The van der Waals surface area contributed by atoms with Gasteiger partial charge in [-0.15, -0.1) is 0 Å². The molecule has 0 heterocycles. The number of rotatable bonds is 6. The molecule has 8 heteroatoms. The van der Waals surface area contributed by atoms with Crippen LogP contribution in [0.4, 0.5) is 13.2 Å². The predicted octanol–water partition coefficient (Wildman–Crippen LogP) is 1.90. The van der Waals surface area contributed by atoms with Crippen LogP contribution in [-0.2, 0) is 9.53 Å². The number of halogens is 3. The summed E-state index contributed by atoms with van der Waals surface area (Å²) in [4.78, 5) is 11.6. The van der Waals surface area contributed by atoms with Crippen molar-refractivity contribution in [3.8, 4) is 5.75 Å². The van der Waals surface area contributed by atoms with Crippen molar-refractivity contribution in [2.24, 2.45) is 5.73 Å². The van der Waals surface area contributed by atoms with Crippen molar-refractivity contribution in [1.29, 1.82) is 0 Å². The summed E-state index contributed by atoms with van der Waals surface area (Å²) < 4.78 is 49.3. The fourth-order valence-electron chi connectivity index (χ4n) is 1.67. The number of carbonyl (C=O) groups excluding carboxylic acids is 1. The number of carbonyl (C=O) groups is 1. The standard InChI is InChI=1S/C15H20F3NO4/c1-15(2,3)23-13(21)6-11(19)12(20)7-22-14-9(17)4-8(16)5-10(14)18/h4-5,11-12,20H,6-7,19H2,1-3H3/t11-,12?/m0/s1. The topological polar surface area (TPSA) is 81.8 Å². The van der Waals surface area contributed by atoms with Crippen molar-refractivity contribution >= 4 is 5.97 Å². The Labute approximate surface area is 132 Å². The Morgan fingerprint density at radius 1 is 1.26 bits per heavy atom. The van der Waals surface area contributed by atoms with E-state index >= 15 is 0 Å². The molecule has 2 atom stereocenters. The summed E-state index contributed by atoms with van der Waals surface area (Å²) in [6.07, 6.45) is -1.66. The van der Waals surface area contributed by atoms with Crippen LogP contribution in [0.1, 0.15) is 27.2 Å². The first-order valence-electron chi connectivity index (χ1n) is 6.92. The van der Waals surface area contributed by atoms with Gasteiger partial charge in [-0.3, -0.25) is 4.79 Å². The molecule has 23 heavy (non-hydrogen) atoms. The Hall–Kier alpha value is -1.80. The Balaban J connectivity index is 2.56. The third-order valence-corrected chi connectivity index (χ3v) is 2.68. The van der Waals surface area contributed by atoms with Crippen LogP contribution in [-0.4, -0.2) is 35.4 Å². The van der Waals surface area contributed by atoms with Gasteiger partial charge in [0.05, 0.1) is 6.42 Å². The number of aliphatic hydroxyl groups excluding tert-OH is 1. The molecule has 0 saturated carbocycles. The molecule has 0 amide bonds. The highest BCUT2D eigenvalue weighted by Crippen LogP contribution is 2.23. The van der Waals surface area contributed by atoms with E-state index in [1.807, 2.05) is 0 Å². The maximum atomic E-state index is 13.4. The summed E-state index contributed by atoms with van der Waals surface area (Å²) in [5, 5.41) is 9.79. The highest BCUT2D eigenvalue weighted by atomic mass is 19.1. The third kappa shape index (κ3) is 6.45. The molecule has 0 aromatic heterocycles. The first kappa shape index (κ1) is 19.2. The van der Waals surface area contributed by atoms with E-state index in [-0.39, 0.29) is 6.42 Å². The van der Waals surface area contributed by atoms with Gasteiger partial charge in [-0.1, -0.05) is 0 Å². The lowest BCUT2D eigenvalue weighted by atomic mass is 10.1. The fraction of sp³-hybridized carbons (Fsp3) is 0.533. The Morgan fingerprint density at radius 3 is 2.26 bits per heavy atom. The molecule has 0 spiro atoms. The highest BCUT2D eigenvalue weighted by molar-refractivity contribution is 5.70. The molecule has 0 aliphatic carbocycles. The molecule has 1 unspecified atom stereocenters. The van der Waals surface area contributed by atoms with Gasteiger partial charge in [0.1, 0.15) is 24.1 Å². The van der Waals surface area contributed by atoms with Gasteiger partial charge in [0, 0.05) is 18.2 Å². The molecule has 0 aliphatic rings. The number of nitrogens with two attached hydrogens (primary N) is 1. The van der Waals surface area contributed by atoms with Crippen molar-refractivity contribution in [3.05, 3.63) is 29.6 Å². The summed E-state index contributed by atoms with van der Waals surface area (Å²) in [6, 6.07) is -0.145. The molecule has 0 radical (unpaired) electrons. The van der Waals surface area contributed by atoms with E-state index in [4.69, 9.17) is 15.2 Å². The second-order valence-electron chi connectivity index (χ2n) is 6.03. The summed E-state index contributed by atoms with van der Waals surface area (Å²) >= 11 is 0. The number of aliphatic hydroxyl groups is 1. The Kier molecular flexibility index (Phi) is 6.40. The molecule has 1 rings (SSSR count). The van der Waals surface area contributed by atoms with Crippen molar-refractivity contribution in [1.82, 2.24) is 0 Å². The van der Waals surface area contributed by atoms with Gasteiger partial charge in [0.15, 0.2) is 17.4 Å². The second kappa shape index (κ2) is 7.65. The molecule has 1 aromatic carbocycles. The smallest absolute Gasteiger partial charge is 0.307 e. The zero-order chi connectivity index (χ0) is 17.8. The van der Waals surface area contributed by atoms with Crippen LogP contribution < -0.4 is 10.5 Å². The molecule has 3 N–H and O–H groups in total. The van der Waals surface area contributed by atoms with Gasteiger partial charge in [-0.2, -0.15) is 0 Å². The van der Waals surface area contributed by atoms with Crippen LogP contribution >= 0.6 is 0 Å². The number of ether oxygens (including phenoxy) is 2. The summed E-state index contributed by atoms with van der Waals surface area (Å²) in [5.41, 5.74) is 4.93. The van der Waals surface area contributed by atoms with Crippen molar-refractivity contribution in [2.45, 2.75) is 44.9 Å². The molecule has 0 fully saturated rings. The van der Waals surface area contributed by atoms with Crippen LogP contribution in [0.15, 0.2) is 12.1 Å². The lowest BCUT2D eigenvalue weighted by Gasteiger charge is -2.23. The summed E-state index contributed by atoms with van der Waals surface area (Å²) in [7, 11) is 0. The third-order valence-electron chi connectivity index (χ3n) is 2.68. The molecular formula is C15H20F3NO4. The number of hydrogen-bond acceptors (Lipinski definition) is 5. The molecule has 0 bridgehead atoms. The maximum Gasteiger partial charge on any atom is 0.307 e. The van der Waals surface area contributed by atoms with Crippen LogP contribution in [0, 0.1) is 17.5 Å². The van der Waals surface area contributed by atoms with E-state index < -0.39 is 53.5 Å². The van der Waals surface area contributed by atoms with Gasteiger partial charge >= 0.3 is 5.97 Å². The van der Waals surface area contributed by atoms with Gasteiger partial charge in [-0.25, -0.2) is 13.2 Å². The van der Waals surface area contributed by atoms with Crippen LogP contribution in [0.5, 0.6) is 5.75 Å². The summed E-state index contributed by atoms with van der Waals surface area (Å²) in [5.74, 6) is -5.02. The van der Waals surface area contributed by atoms with Gasteiger partial charge in [0.25, 0.3) is 0 Å². The quantitative estimate of drug-likeness (QED) is 0.776. The number of esters is 1. The van der Waals surface area contributed by atoms with Crippen LogP contribution in [0.2, 0.25) is 0 Å². The van der Waals surface area contributed by atoms with Crippen molar-refractivity contribution < 1.29 is 32.5 Å². The highest BCUT2D eigenvalue weighted by Gasteiger charge is 2.24. The number of hydrogen-bond donors (Lipinski definition) is 2. The molecule has 130 valence electrons. The van der Waals surface area contributed by atoms with E-state index in [2.05, 4.69) is 0 Å². The van der Waals surface area contributed by atoms with E-state index in [0.717, 1.165) is 0 Å². The predicted molar refractivity (Wildman–Crippen MR) is 76.3 cm³/mol. The monoisotopic (exact) mass is 335 g/mol. The van der Waals surface area contributed by atoms with E-state index in [1.165, 1.54) is 0 Å². The lowest BCUT2D eigenvalue weighted by Crippen LogP contribution is -2.41. The first-order valence-corrected chi connectivity index (χ1v) is 6.92. The normalized spacial score (nSPS) is 14.3. The lowest BCUT2D eigenvalue weighted by molar-refractivity contribution is -0.156. The SMILES string of the molecule is CC(C)(C)OC(=O)C[C@H](N)C(O)COc1c(F)cc(F)cc1F. The average molecular weight is 335 g/mol. The van der Waals surface area contributed by atoms with Crippen LogP contribution in [0.3, 0.4) is 0 Å². The second-order valence-corrected chi connectivity index (χ2v) is 6.03. The van der Waals surface area contributed by atoms with E-state index in [9.17, 15) is 23.1 Å². The molecule has 1 aromatic rings. The number of benzene rings is 1. The Morgan fingerprint density at radius 2 is 1.78 bits per heavy atom. The van der Waals surface area contributed by atoms with Crippen molar-refractivity contribution in [2.75, 3.05) is 6.61 Å². The Bertz CT molecular complexity index is 537. The maximum absolute atomic E-state index is 13.4. The zero-order valence-electron chi connectivity index (χ0n) is 13.1. The minimum absolute atomic E-state index is 0.295. The molecule has 0 saturated heterocycles. The van der Waals surface area contributed by atoms with Gasteiger partial charge in [0.2, 0.25) is 0 Å². The largest absolute Gasteiger partial charge is 0.485 e. The van der Waals surface area contributed by atoms with E-state index in [1.54, 1.807) is 20.8 Å². The van der Waals surface area contributed by atoms with Crippen LogP contribution in [0.25, 0.3) is 0 Å². The van der Waals surface area contributed by atoms with E-state index in [0.29, 0.717) is 12.1 Å². The van der Waals surface area contributed by atoms with Gasteiger partial charge in [-0.05, 0) is 20.8 Å². The minimum Gasteiger partial charge on any atom is -0.485 e. The minimum atomic E-state index is -1.37. The van der Waals surface area contributed by atoms with Gasteiger partial charge < -0.3 is 20.3 Å². The first-order chi connectivity index (χ1) is 10.5. The molecule has 0 aliphatic heterocycles. The average Bonchev–Trinajstić information content (AvgIpc) is 2.34. The van der Waals surface area contributed by atoms with Crippen molar-refractivity contribution in [3.63, 3.8) is 0 Å². The summed E-state index contributed by atoms with van der Waals surface area (Å²) in [6.45, 7) is 4.46. The zero-order valence-corrected chi connectivity index (χ0v) is 13.1. The molecular weight excluding hydrogens is 315 g/mol. The molecule has 5 nitrogen and oxygen atoms in total.